The highest BCUT2D eigenvalue weighted by Gasteiger charge is 2.22. The van der Waals surface area contributed by atoms with Crippen LogP contribution >= 0.6 is 0 Å². The number of hydrogen-bond acceptors (Lipinski definition) is 5. The molecular formula is C20H20N4O3. The Morgan fingerprint density at radius 1 is 1.15 bits per heavy atom. The Bertz CT molecular complexity index is 986. The summed E-state index contributed by atoms with van der Waals surface area (Å²) in [6.45, 7) is 1.81. The summed E-state index contributed by atoms with van der Waals surface area (Å²) >= 11 is 0. The number of aromatic nitrogens is 3. The van der Waals surface area contributed by atoms with E-state index in [0.29, 0.717) is 23.6 Å². The third-order valence-electron chi connectivity index (χ3n) is 4.14. The van der Waals surface area contributed by atoms with Gasteiger partial charge in [-0.3, -0.25) is 4.79 Å². The van der Waals surface area contributed by atoms with E-state index in [2.05, 4.69) is 15.4 Å². The van der Waals surface area contributed by atoms with Crippen molar-refractivity contribution in [3.63, 3.8) is 0 Å². The summed E-state index contributed by atoms with van der Waals surface area (Å²) in [6.07, 6.45) is 1.88. The van der Waals surface area contributed by atoms with Gasteiger partial charge in [-0.05, 0) is 18.6 Å². The van der Waals surface area contributed by atoms with Crippen molar-refractivity contribution in [3.8, 4) is 17.0 Å². The summed E-state index contributed by atoms with van der Waals surface area (Å²) in [5, 5.41) is 6.97. The maximum Gasteiger partial charge on any atom is 0.365 e. The van der Waals surface area contributed by atoms with Crippen molar-refractivity contribution in [1.29, 1.82) is 0 Å². The molecule has 0 saturated heterocycles. The first kappa shape index (κ1) is 18.3. The minimum Gasteiger partial charge on any atom is -0.495 e. The number of nitrogens with one attached hydrogen (secondary N) is 1. The fourth-order valence-electron chi connectivity index (χ4n) is 2.74. The van der Waals surface area contributed by atoms with E-state index in [1.165, 1.54) is 13.3 Å². The highest BCUT2D eigenvalue weighted by molar-refractivity contribution is 5.94. The Labute approximate surface area is 156 Å². The zero-order chi connectivity index (χ0) is 19.2. The maximum absolute atomic E-state index is 12.7. The van der Waals surface area contributed by atoms with Gasteiger partial charge in [0.1, 0.15) is 11.8 Å². The predicted octanol–water partition coefficient (Wildman–Crippen LogP) is 2.90. The largest absolute Gasteiger partial charge is 0.495 e. The monoisotopic (exact) mass is 364 g/mol. The molecule has 0 aliphatic rings. The number of methoxy groups -OCH3 is 1. The van der Waals surface area contributed by atoms with Gasteiger partial charge in [-0.25, -0.2) is 9.48 Å². The van der Waals surface area contributed by atoms with Crippen LogP contribution in [0, 0.1) is 0 Å². The van der Waals surface area contributed by atoms with Gasteiger partial charge < -0.3 is 10.1 Å². The van der Waals surface area contributed by atoms with E-state index in [-0.39, 0.29) is 5.91 Å². The molecule has 7 nitrogen and oxygen atoms in total. The molecule has 0 saturated carbocycles. The molecule has 0 unspecified atom stereocenters. The SMILES string of the molecule is CC[C@@H](C(=O)Nc1ccccc1OC)n1ncc(-c2ccccc2)nc1=O. The normalized spacial score (nSPS) is 11.6. The van der Waals surface area contributed by atoms with Crippen LogP contribution in [0.4, 0.5) is 5.69 Å². The fourth-order valence-corrected chi connectivity index (χ4v) is 2.74. The number of amides is 1. The van der Waals surface area contributed by atoms with Crippen LogP contribution in [0.15, 0.2) is 65.6 Å². The van der Waals surface area contributed by atoms with Crippen molar-refractivity contribution in [1.82, 2.24) is 14.8 Å². The average molecular weight is 364 g/mol. The summed E-state index contributed by atoms with van der Waals surface area (Å²) in [5.74, 6) is 0.185. The molecule has 1 aromatic heterocycles. The number of benzene rings is 2. The number of para-hydroxylation sites is 2. The van der Waals surface area contributed by atoms with Gasteiger partial charge in [-0.15, -0.1) is 0 Å². The zero-order valence-corrected chi connectivity index (χ0v) is 15.1. The number of nitrogens with zero attached hydrogens (tertiary/aromatic N) is 3. The lowest BCUT2D eigenvalue weighted by Gasteiger charge is -2.17. The summed E-state index contributed by atoms with van der Waals surface area (Å²) in [5.41, 5.74) is 1.22. The second-order valence-corrected chi connectivity index (χ2v) is 5.85. The molecule has 0 spiro atoms. The van der Waals surface area contributed by atoms with Gasteiger partial charge >= 0.3 is 5.69 Å². The third-order valence-corrected chi connectivity index (χ3v) is 4.14. The molecule has 1 N–H and O–H groups in total. The molecule has 3 rings (SSSR count). The number of ether oxygens (including phenoxy) is 1. The van der Waals surface area contributed by atoms with Gasteiger partial charge in [0.05, 0.1) is 24.7 Å². The Morgan fingerprint density at radius 3 is 2.52 bits per heavy atom. The van der Waals surface area contributed by atoms with Crippen molar-refractivity contribution in [2.24, 2.45) is 0 Å². The molecule has 0 radical (unpaired) electrons. The number of rotatable bonds is 6. The molecule has 138 valence electrons. The van der Waals surface area contributed by atoms with Gasteiger partial charge in [-0.1, -0.05) is 49.4 Å². The zero-order valence-electron chi connectivity index (χ0n) is 15.1. The van der Waals surface area contributed by atoms with Crippen molar-refractivity contribution in [2.45, 2.75) is 19.4 Å². The minimum atomic E-state index is -0.778. The number of hydrogen-bond donors (Lipinski definition) is 1. The summed E-state index contributed by atoms with van der Waals surface area (Å²) in [4.78, 5) is 29.3. The summed E-state index contributed by atoms with van der Waals surface area (Å²) in [6, 6.07) is 15.6. The lowest BCUT2D eigenvalue weighted by molar-refractivity contribution is -0.119. The standard InChI is InChI=1S/C20H20N4O3/c1-3-17(19(25)22-15-11-7-8-12-18(15)27-2)24-20(26)23-16(13-21-24)14-9-5-4-6-10-14/h4-13,17H,3H2,1-2H3,(H,22,25)/t17-/m0/s1. The van der Waals surface area contributed by atoms with Crippen molar-refractivity contribution in [2.75, 3.05) is 12.4 Å². The first-order valence-electron chi connectivity index (χ1n) is 8.59. The van der Waals surface area contributed by atoms with E-state index in [4.69, 9.17) is 4.74 Å². The lowest BCUT2D eigenvalue weighted by Crippen LogP contribution is -2.36. The van der Waals surface area contributed by atoms with Crippen LogP contribution in [-0.2, 0) is 4.79 Å². The Balaban J connectivity index is 1.87. The molecule has 3 aromatic rings. The van der Waals surface area contributed by atoms with Crippen LogP contribution in [0.1, 0.15) is 19.4 Å². The smallest absolute Gasteiger partial charge is 0.365 e. The molecular weight excluding hydrogens is 344 g/mol. The molecule has 0 aliphatic heterocycles. The Hall–Kier alpha value is -3.48. The first-order chi connectivity index (χ1) is 13.1. The molecule has 1 amide bonds. The Kier molecular flexibility index (Phi) is 5.61. The minimum absolute atomic E-state index is 0.356. The third kappa shape index (κ3) is 4.03. The van der Waals surface area contributed by atoms with E-state index in [1.54, 1.807) is 18.2 Å². The molecule has 1 heterocycles. The van der Waals surface area contributed by atoms with Gasteiger partial charge in [0.15, 0.2) is 0 Å². The molecule has 0 fully saturated rings. The fraction of sp³-hybridized carbons (Fsp3) is 0.200. The molecule has 27 heavy (non-hydrogen) atoms. The van der Waals surface area contributed by atoms with Crippen LogP contribution < -0.4 is 15.7 Å². The van der Waals surface area contributed by atoms with E-state index in [9.17, 15) is 9.59 Å². The summed E-state index contributed by atoms with van der Waals surface area (Å²) in [7, 11) is 1.53. The number of carbonyl (C=O) groups excluding carboxylic acids is 1. The quantitative estimate of drug-likeness (QED) is 0.727. The van der Waals surface area contributed by atoms with E-state index in [0.717, 1.165) is 10.2 Å². The number of carbonyl (C=O) groups is 1. The average Bonchev–Trinajstić information content (AvgIpc) is 2.70. The van der Waals surface area contributed by atoms with Crippen molar-refractivity contribution >= 4 is 11.6 Å². The highest BCUT2D eigenvalue weighted by atomic mass is 16.5. The van der Waals surface area contributed by atoms with Crippen LogP contribution in [0.3, 0.4) is 0 Å². The molecule has 7 heteroatoms. The number of anilines is 1. The van der Waals surface area contributed by atoms with Crippen molar-refractivity contribution in [3.05, 3.63) is 71.3 Å². The van der Waals surface area contributed by atoms with Crippen LogP contribution in [0.2, 0.25) is 0 Å². The molecule has 2 aromatic carbocycles. The first-order valence-corrected chi connectivity index (χ1v) is 8.59. The van der Waals surface area contributed by atoms with Gasteiger partial charge in [0, 0.05) is 5.56 Å². The van der Waals surface area contributed by atoms with Gasteiger partial charge in [0.2, 0.25) is 5.91 Å². The van der Waals surface area contributed by atoms with Gasteiger partial charge in [0.25, 0.3) is 0 Å². The second kappa shape index (κ2) is 8.27. The summed E-state index contributed by atoms with van der Waals surface area (Å²) < 4.78 is 6.35. The maximum atomic E-state index is 12.7. The van der Waals surface area contributed by atoms with Crippen molar-refractivity contribution < 1.29 is 9.53 Å². The Morgan fingerprint density at radius 2 is 1.85 bits per heavy atom. The molecule has 0 bridgehead atoms. The van der Waals surface area contributed by atoms with Gasteiger partial charge in [-0.2, -0.15) is 10.1 Å². The van der Waals surface area contributed by atoms with Crippen LogP contribution in [0.25, 0.3) is 11.3 Å². The van der Waals surface area contributed by atoms with E-state index < -0.39 is 11.7 Å². The molecule has 0 aliphatic carbocycles. The van der Waals surface area contributed by atoms with Crippen LogP contribution in [-0.4, -0.2) is 27.8 Å². The topological polar surface area (TPSA) is 86.1 Å². The molecule has 1 atom stereocenters. The highest BCUT2D eigenvalue weighted by Crippen LogP contribution is 2.24. The van der Waals surface area contributed by atoms with E-state index in [1.807, 2.05) is 43.3 Å². The van der Waals surface area contributed by atoms with Crippen LogP contribution in [0.5, 0.6) is 5.75 Å². The van der Waals surface area contributed by atoms with E-state index >= 15 is 0 Å². The second-order valence-electron chi connectivity index (χ2n) is 5.85. The predicted molar refractivity (Wildman–Crippen MR) is 103 cm³/mol. The lowest BCUT2D eigenvalue weighted by atomic mass is 10.2.